The van der Waals surface area contributed by atoms with Crippen molar-refractivity contribution in [3.63, 3.8) is 0 Å². The van der Waals surface area contributed by atoms with Crippen LogP contribution >= 0.6 is 23.5 Å². The number of morpholine rings is 1. The minimum atomic E-state index is 0.702. The minimum Gasteiger partial charge on any atom is -0.378 e. The molecule has 0 radical (unpaired) electrons. The number of halogens is 1. The smallest absolute Gasteiger partial charge is 0.139 e. The fourth-order valence-corrected chi connectivity index (χ4v) is 2.11. The number of pyridine rings is 1. The van der Waals surface area contributed by atoms with Crippen molar-refractivity contribution in [2.45, 2.75) is 0 Å². The summed E-state index contributed by atoms with van der Waals surface area (Å²) >= 11 is 7.56. The fourth-order valence-electron chi connectivity index (χ4n) is 1.59. The van der Waals surface area contributed by atoms with Crippen LogP contribution in [0.15, 0.2) is 12.1 Å². The van der Waals surface area contributed by atoms with Crippen molar-refractivity contribution in [2.24, 2.45) is 0 Å². The summed E-state index contributed by atoms with van der Waals surface area (Å²) in [6.07, 6.45) is 1.96. The van der Waals surface area contributed by atoms with Crippen LogP contribution < -0.4 is 9.62 Å². The van der Waals surface area contributed by atoms with Gasteiger partial charge in [0, 0.05) is 30.4 Å². The van der Waals surface area contributed by atoms with Gasteiger partial charge >= 0.3 is 0 Å². The lowest BCUT2D eigenvalue weighted by Gasteiger charge is -2.28. The van der Waals surface area contributed by atoms with Crippen LogP contribution in [0, 0.1) is 0 Å². The summed E-state index contributed by atoms with van der Waals surface area (Å²) in [5.41, 5.74) is 0. The Balaban J connectivity index is 2.18. The Morgan fingerprint density at radius 3 is 2.88 bits per heavy atom. The first-order valence-electron chi connectivity index (χ1n) is 5.09. The Bertz CT molecular complexity index is 358. The number of nitrogens with one attached hydrogen (secondary N) is 1. The van der Waals surface area contributed by atoms with Gasteiger partial charge in [-0.25, -0.2) is 4.98 Å². The van der Waals surface area contributed by atoms with E-state index in [0.29, 0.717) is 5.02 Å². The molecule has 0 atom stereocenters. The average molecular weight is 260 g/mol. The molecule has 1 aromatic heterocycles. The summed E-state index contributed by atoms with van der Waals surface area (Å²) in [6, 6.07) is 3.71. The van der Waals surface area contributed by atoms with E-state index in [0.717, 1.165) is 37.9 Å². The standard InChI is InChI=1S/C10H14ClN3OS/c1-16-13-9-6-8(11)7-10(12-9)14-2-4-15-5-3-14/h6-7H,2-5H2,1H3,(H,12,13). The zero-order chi connectivity index (χ0) is 11.4. The number of anilines is 2. The van der Waals surface area contributed by atoms with Crippen molar-refractivity contribution in [3.05, 3.63) is 17.2 Å². The number of ether oxygens (including phenoxy) is 1. The van der Waals surface area contributed by atoms with E-state index in [1.165, 1.54) is 11.9 Å². The summed E-state index contributed by atoms with van der Waals surface area (Å²) < 4.78 is 8.40. The number of aromatic nitrogens is 1. The number of rotatable bonds is 3. The highest BCUT2D eigenvalue weighted by atomic mass is 35.5. The van der Waals surface area contributed by atoms with E-state index < -0.39 is 0 Å². The molecule has 1 aliphatic heterocycles. The van der Waals surface area contributed by atoms with Crippen LogP contribution in [0.4, 0.5) is 11.6 Å². The molecule has 0 unspecified atom stereocenters. The number of nitrogens with zero attached hydrogens (tertiary/aromatic N) is 2. The van der Waals surface area contributed by atoms with E-state index in [9.17, 15) is 0 Å². The molecule has 1 saturated heterocycles. The molecule has 2 rings (SSSR count). The van der Waals surface area contributed by atoms with Crippen molar-refractivity contribution >= 4 is 35.2 Å². The first-order valence-corrected chi connectivity index (χ1v) is 6.69. The maximum atomic E-state index is 6.06. The van der Waals surface area contributed by atoms with Crippen LogP contribution in [-0.4, -0.2) is 37.5 Å². The van der Waals surface area contributed by atoms with Crippen LogP contribution in [-0.2, 0) is 4.74 Å². The predicted octanol–water partition coefficient (Wildman–Crippen LogP) is 2.26. The van der Waals surface area contributed by atoms with Gasteiger partial charge in [0.25, 0.3) is 0 Å². The molecule has 1 N–H and O–H groups in total. The largest absolute Gasteiger partial charge is 0.378 e. The lowest BCUT2D eigenvalue weighted by Crippen LogP contribution is -2.36. The highest BCUT2D eigenvalue weighted by Crippen LogP contribution is 2.23. The van der Waals surface area contributed by atoms with Crippen molar-refractivity contribution in [1.82, 2.24) is 4.98 Å². The third-order valence-electron chi connectivity index (χ3n) is 2.32. The summed E-state index contributed by atoms with van der Waals surface area (Å²) in [5, 5.41) is 0.702. The highest BCUT2D eigenvalue weighted by molar-refractivity contribution is 7.99. The van der Waals surface area contributed by atoms with Crippen LogP contribution in [0.5, 0.6) is 0 Å². The van der Waals surface area contributed by atoms with E-state index in [2.05, 4.69) is 14.6 Å². The van der Waals surface area contributed by atoms with Crippen LogP contribution in [0.25, 0.3) is 0 Å². The van der Waals surface area contributed by atoms with Gasteiger partial charge in [0.15, 0.2) is 0 Å². The minimum absolute atomic E-state index is 0.702. The fraction of sp³-hybridized carbons (Fsp3) is 0.500. The molecule has 0 bridgehead atoms. The molecular formula is C10H14ClN3OS. The van der Waals surface area contributed by atoms with E-state index in [-0.39, 0.29) is 0 Å². The Morgan fingerprint density at radius 2 is 2.19 bits per heavy atom. The molecule has 0 aliphatic carbocycles. The molecule has 1 aromatic rings. The zero-order valence-electron chi connectivity index (χ0n) is 9.07. The number of hydrogen-bond acceptors (Lipinski definition) is 5. The third-order valence-corrected chi connectivity index (χ3v) is 2.95. The van der Waals surface area contributed by atoms with E-state index >= 15 is 0 Å². The molecule has 0 aromatic carbocycles. The van der Waals surface area contributed by atoms with Crippen molar-refractivity contribution < 1.29 is 4.74 Å². The van der Waals surface area contributed by atoms with Gasteiger partial charge in [0.1, 0.15) is 11.6 Å². The van der Waals surface area contributed by atoms with Crippen LogP contribution in [0.2, 0.25) is 5.02 Å². The summed E-state index contributed by atoms with van der Waals surface area (Å²) in [6.45, 7) is 3.23. The molecule has 4 nitrogen and oxygen atoms in total. The molecule has 2 heterocycles. The lowest BCUT2D eigenvalue weighted by atomic mass is 10.3. The van der Waals surface area contributed by atoms with Gasteiger partial charge < -0.3 is 14.4 Å². The van der Waals surface area contributed by atoms with Crippen LogP contribution in [0.1, 0.15) is 0 Å². The monoisotopic (exact) mass is 259 g/mol. The van der Waals surface area contributed by atoms with Crippen molar-refractivity contribution in [2.75, 3.05) is 42.2 Å². The van der Waals surface area contributed by atoms with Gasteiger partial charge in [-0.2, -0.15) is 0 Å². The van der Waals surface area contributed by atoms with Gasteiger partial charge in [0.2, 0.25) is 0 Å². The Hall–Kier alpha value is -0.650. The quantitative estimate of drug-likeness (QED) is 0.843. The normalized spacial score (nSPS) is 16.2. The maximum absolute atomic E-state index is 6.06. The second-order valence-electron chi connectivity index (χ2n) is 3.43. The van der Waals surface area contributed by atoms with Gasteiger partial charge in [-0.15, -0.1) is 0 Å². The van der Waals surface area contributed by atoms with Gasteiger partial charge in [-0.1, -0.05) is 23.5 Å². The Morgan fingerprint density at radius 1 is 1.44 bits per heavy atom. The third kappa shape index (κ3) is 2.93. The topological polar surface area (TPSA) is 37.4 Å². The molecule has 88 valence electrons. The second kappa shape index (κ2) is 5.61. The summed E-state index contributed by atoms with van der Waals surface area (Å²) in [7, 11) is 0. The molecule has 1 aliphatic rings. The zero-order valence-corrected chi connectivity index (χ0v) is 10.6. The molecule has 0 saturated carbocycles. The lowest BCUT2D eigenvalue weighted by molar-refractivity contribution is 0.122. The van der Waals surface area contributed by atoms with E-state index in [4.69, 9.17) is 16.3 Å². The Kier molecular flexibility index (Phi) is 4.15. The highest BCUT2D eigenvalue weighted by Gasteiger charge is 2.13. The van der Waals surface area contributed by atoms with Gasteiger partial charge in [-0.3, -0.25) is 0 Å². The first kappa shape index (κ1) is 11.8. The first-order chi connectivity index (χ1) is 7.79. The van der Waals surface area contributed by atoms with Crippen molar-refractivity contribution in [1.29, 1.82) is 0 Å². The van der Waals surface area contributed by atoms with Crippen LogP contribution in [0.3, 0.4) is 0 Å². The van der Waals surface area contributed by atoms with Gasteiger partial charge in [-0.05, 0) is 6.07 Å². The predicted molar refractivity (Wildman–Crippen MR) is 69.4 cm³/mol. The SMILES string of the molecule is CSNc1cc(Cl)cc(N2CCOCC2)n1. The molecule has 0 amide bonds. The van der Waals surface area contributed by atoms with Crippen molar-refractivity contribution in [3.8, 4) is 0 Å². The molecule has 16 heavy (non-hydrogen) atoms. The van der Waals surface area contributed by atoms with E-state index in [1.807, 2.05) is 18.4 Å². The maximum Gasteiger partial charge on any atom is 0.139 e. The molecule has 6 heteroatoms. The van der Waals surface area contributed by atoms with Gasteiger partial charge in [0.05, 0.1) is 13.2 Å². The number of hydrogen-bond donors (Lipinski definition) is 1. The summed E-state index contributed by atoms with van der Waals surface area (Å²) in [4.78, 5) is 6.68. The molecular weight excluding hydrogens is 246 g/mol. The molecule has 0 spiro atoms. The van der Waals surface area contributed by atoms with E-state index in [1.54, 1.807) is 0 Å². The molecule has 1 fully saturated rings. The Labute approximate surface area is 104 Å². The summed E-state index contributed by atoms with van der Waals surface area (Å²) in [5.74, 6) is 1.70. The second-order valence-corrected chi connectivity index (χ2v) is 4.48. The average Bonchev–Trinajstić information content (AvgIpc) is 2.30.